The Morgan fingerprint density at radius 3 is 2.23 bits per heavy atom. The number of benzene rings is 3. The first-order valence-electron chi connectivity index (χ1n) is 12.0. The minimum atomic E-state index is -3.61. The van der Waals surface area contributed by atoms with E-state index in [2.05, 4.69) is 9.97 Å². The van der Waals surface area contributed by atoms with Crippen molar-refractivity contribution in [1.29, 1.82) is 0 Å². The largest absolute Gasteiger partial charge is 0.440 e. The summed E-state index contributed by atoms with van der Waals surface area (Å²) in [5.41, 5.74) is 4.42. The predicted molar refractivity (Wildman–Crippen MR) is 143 cm³/mol. The molecule has 0 aliphatic rings. The van der Waals surface area contributed by atoms with Crippen molar-refractivity contribution in [3.8, 4) is 39.4 Å². The summed E-state index contributed by atoms with van der Waals surface area (Å²) in [6.07, 6.45) is 2.96. The molecule has 5 aromatic rings. The van der Waals surface area contributed by atoms with Gasteiger partial charge in [-0.15, -0.1) is 0 Å². The Morgan fingerprint density at radius 1 is 0.897 bits per heavy atom. The lowest BCUT2D eigenvalue weighted by atomic mass is 9.97. The van der Waals surface area contributed by atoms with Crippen molar-refractivity contribution in [3.63, 3.8) is 0 Å². The molecule has 7 nitrogen and oxygen atoms in total. The average molecular weight is 550 g/mol. The molecule has 0 spiro atoms. The first-order chi connectivity index (χ1) is 18.5. The van der Waals surface area contributed by atoms with Gasteiger partial charge in [0, 0.05) is 30.5 Å². The van der Waals surface area contributed by atoms with Crippen LogP contribution in [-0.2, 0) is 16.4 Å². The predicted octanol–water partition coefficient (Wildman–Crippen LogP) is 5.96. The Morgan fingerprint density at radius 2 is 1.59 bits per heavy atom. The van der Waals surface area contributed by atoms with Crippen LogP contribution in [0.5, 0.6) is 0 Å². The number of sulfone groups is 1. The summed E-state index contributed by atoms with van der Waals surface area (Å²) in [6, 6.07) is 13.9. The lowest BCUT2D eigenvalue weighted by Gasteiger charge is -2.15. The second kappa shape index (κ2) is 9.87. The lowest BCUT2D eigenvalue weighted by Crippen LogP contribution is -2.03. The number of aryl methyl sites for hydroxylation is 3. The molecule has 0 fully saturated rings. The lowest BCUT2D eigenvalue weighted by molar-refractivity contribution is 0.278. The zero-order valence-electron chi connectivity index (χ0n) is 21.7. The third kappa shape index (κ3) is 5.00. The van der Waals surface area contributed by atoms with Crippen LogP contribution < -0.4 is 0 Å². The van der Waals surface area contributed by atoms with Gasteiger partial charge in [-0.3, -0.25) is 0 Å². The number of halogens is 2. The van der Waals surface area contributed by atoms with Crippen LogP contribution in [0.2, 0.25) is 0 Å². The topological polar surface area (TPSA) is 98.2 Å². The molecule has 2 aromatic heterocycles. The summed E-state index contributed by atoms with van der Waals surface area (Å²) >= 11 is 0. The van der Waals surface area contributed by atoms with Gasteiger partial charge in [0.1, 0.15) is 11.5 Å². The number of aromatic nitrogens is 3. The summed E-state index contributed by atoms with van der Waals surface area (Å²) in [6.45, 7) is 4.98. The Hall–Kier alpha value is -4.15. The van der Waals surface area contributed by atoms with Crippen LogP contribution in [0.15, 0.2) is 70.1 Å². The van der Waals surface area contributed by atoms with Gasteiger partial charge in [-0.25, -0.2) is 27.2 Å². The molecule has 3 aromatic carbocycles. The molecule has 0 unspecified atom stereocenters. The highest BCUT2D eigenvalue weighted by Crippen LogP contribution is 2.39. The number of imidazole rings is 1. The van der Waals surface area contributed by atoms with Gasteiger partial charge in [-0.1, -0.05) is 18.2 Å². The standard InChI is InChI=1S/C29H25F2N3O4S/c1-16-14-34(17(2)32-16)26-10-8-19(20-5-6-22(15-35)27(13-20)39(4,36)37)11-23(26)28-29(38-18(3)33-28)21-7-9-24(30)25(31)12-21/h5-14,35H,15H2,1-4H3. The number of rotatable bonds is 6. The molecule has 0 bridgehead atoms. The highest BCUT2D eigenvalue weighted by atomic mass is 32.2. The molecule has 0 aliphatic carbocycles. The van der Waals surface area contributed by atoms with E-state index in [0.29, 0.717) is 45.1 Å². The van der Waals surface area contributed by atoms with E-state index in [4.69, 9.17) is 4.42 Å². The Kier molecular flexibility index (Phi) is 6.69. The van der Waals surface area contributed by atoms with Gasteiger partial charge < -0.3 is 14.1 Å². The highest BCUT2D eigenvalue weighted by Gasteiger charge is 2.22. The molecule has 0 saturated heterocycles. The molecular weight excluding hydrogens is 524 g/mol. The first-order valence-corrected chi connectivity index (χ1v) is 13.9. The van der Waals surface area contributed by atoms with Crippen LogP contribution in [-0.4, -0.2) is 34.3 Å². The third-order valence-electron chi connectivity index (χ3n) is 6.40. The first kappa shape index (κ1) is 26.5. The van der Waals surface area contributed by atoms with E-state index in [0.717, 1.165) is 29.9 Å². The van der Waals surface area contributed by atoms with Crippen molar-refractivity contribution in [1.82, 2.24) is 14.5 Å². The minimum Gasteiger partial charge on any atom is -0.440 e. The summed E-state index contributed by atoms with van der Waals surface area (Å²) in [5, 5.41) is 9.66. The molecule has 0 atom stereocenters. The molecule has 0 amide bonds. The molecule has 0 saturated carbocycles. The monoisotopic (exact) mass is 549 g/mol. The van der Waals surface area contributed by atoms with Crippen molar-refractivity contribution < 1.29 is 26.7 Å². The Bertz CT molecular complexity index is 1840. The van der Waals surface area contributed by atoms with Crippen LogP contribution in [0.4, 0.5) is 8.78 Å². The fourth-order valence-electron chi connectivity index (χ4n) is 4.63. The quantitative estimate of drug-likeness (QED) is 0.281. The molecule has 2 heterocycles. The van der Waals surface area contributed by atoms with E-state index in [1.54, 1.807) is 19.1 Å². The molecule has 0 radical (unpaired) electrons. The second-order valence-electron chi connectivity index (χ2n) is 9.32. The fourth-order valence-corrected chi connectivity index (χ4v) is 5.58. The second-order valence-corrected chi connectivity index (χ2v) is 11.3. The molecule has 0 aliphatic heterocycles. The van der Waals surface area contributed by atoms with E-state index in [1.807, 2.05) is 42.8 Å². The van der Waals surface area contributed by atoms with E-state index in [-0.39, 0.29) is 10.7 Å². The molecule has 1 N–H and O–H groups in total. The Balaban J connectivity index is 1.78. The molecule has 200 valence electrons. The van der Waals surface area contributed by atoms with Crippen molar-refractivity contribution in [2.24, 2.45) is 0 Å². The minimum absolute atomic E-state index is 0.0361. The van der Waals surface area contributed by atoms with Gasteiger partial charge in [-0.05, 0) is 66.9 Å². The number of aliphatic hydroxyl groups is 1. The van der Waals surface area contributed by atoms with Crippen LogP contribution in [0.25, 0.3) is 39.4 Å². The van der Waals surface area contributed by atoms with Crippen LogP contribution in [0.3, 0.4) is 0 Å². The van der Waals surface area contributed by atoms with Gasteiger partial charge >= 0.3 is 0 Å². The summed E-state index contributed by atoms with van der Waals surface area (Å²) in [7, 11) is -3.61. The molecular formula is C29H25F2N3O4S. The average Bonchev–Trinajstić information content (AvgIpc) is 3.45. The number of oxazole rings is 1. The maximum Gasteiger partial charge on any atom is 0.192 e. The van der Waals surface area contributed by atoms with E-state index in [1.165, 1.54) is 12.1 Å². The maximum atomic E-state index is 14.2. The summed E-state index contributed by atoms with van der Waals surface area (Å²) < 4.78 is 60.5. The number of hydrogen-bond acceptors (Lipinski definition) is 6. The SMILES string of the molecule is Cc1cn(-c2ccc(-c3ccc(CO)c(S(C)(=O)=O)c3)cc2-c2nc(C)oc2-c2ccc(F)c(F)c2)c(C)n1. The fraction of sp³-hybridized carbons (Fsp3) is 0.172. The number of aliphatic hydroxyl groups excluding tert-OH is 1. The highest BCUT2D eigenvalue weighted by molar-refractivity contribution is 7.90. The van der Waals surface area contributed by atoms with Crippen molar-refractivity contribution in [3.05, 3.63) is 95.4 Å². The van der Waals surface area contributed by atoms with E-state index >= 15 is 0 Å². The van der Waals surface area contributed by atoms with Gasteiger partial charge in [0.25, 0.3) is 0 Å². The summed E-state index contributed by atoms with van der Waals surface area (Å²) in [4.78, 5) is 9.15. The van der Waals surface area contributed by atoms with Gasteiger partial charge in [0.05, 0.1) is 22.9 Å². The van der Waals surface area contributed by atoms with Crippen molar-refractivity contribution >= 4 is 9.84 Å². The van der Waals surface area contributed by atoms with Crippen LogP contribution >= 0.6 is 0 Å². The summed E-state index contributed by atoms with van der Waals surface area (Å²) in [5.74, 6) is -0.683. The smallest absolute Gasteiger partial charge is 0.192 e. The van der Waals surface area contributed by atoms with Crippen molar-refractivity contribution in [2.75, 3.05) is 6.26 Å². The molecule has 10 heteroatoms. The van der Waals surface area contributed by atoms with Gasteiger partial charge in [0.15, 0.2) is 33.1 Å². The molecule has 5 rings (SSSR count). The maximum absolute atomic E-state index is 14.2. The van der Waals surface area contributed by atoms with Crippen molar-refractivity contribution in [2.45, 2.75) is 32.3 Å². The zero-order valence-corrected chi connectivity index (χ0v) is 22.5. The Labute approximate surface area is 224 Å². The number of nitrogens with zero attached hydrogens (tertiary/aromatic N) is 3. The normalized spacial score (nSPS) is 11.8. The van der Waals surface area contributed by atoms with E-state index in [9.17, 15) is 22.3 Å². The van der Waals surface area contributed by atoms with Crippen LogP contribution in [0.1, 0.15) is 23.0 Å². The number of hydrogen-bond donors (Lipinski definition) is 1. The van der Waals surface area contributed by atoms with E-state index < -0.39 is 28.1 Å². The molecule has 39 heavy (non-hydrogen) atoms. The zero-order chi connectivity index (χ0) is 28.1. The van der Waals surface area contributed by atoms with Gasteiger partial charge in [0.2, 0.25) is 0 Å². The van der Waals surface area contributed by atoms with Crippen LogP contribution in [0, 0.1) is 32.4 Å². The third-order valence-corrected chi connectivity index (χ3v) is 7.58. The van der Waals surface area contributed by atoms with Gasteiger partial charge in [-0.2, -0.15) is 0 Å².